The molecule has 2 aromatic heterocycles. The minimum atomic E-state index is -0.340. The Bertz CT molecular complexity index is 1200. The van der Waals surface area contributed by atoms with Crippen molar-refractivity contribution >= 4 is 17.5 Å². The summed E-state index contributed by atoms with van der Waals surface area (Å²) < 4.78 is 8.67. The first-order valence-corrected chi connectivity index (χ1v) is 10.1. The highest BCUT2D eigenvalue weighted by molar-refractivity contribution is 6.30. The summed E-state index contributed by atoms with van der Waals surface area (Å²) in [5, 5.41) is 0.629. The minimum absolute atomic E-state index is 0.272. The van der Waals surface area contributed by atoms with Gasteiger partial charge >= 0.3 is 0 Å². The molecule has 0 unspecified atom stereocenters. The second kappa shape index (κ2) is 9.18. The van der Waals surface area contributed by atoms with Crippen LogP contribution < -0.4 is 11.2 Å². The van der Waals surface area contributed by atoms with Gasteiger partial charge in [-0.25, -0.2) is 4.98 Å². The third-order valence-corrected chi connectivity index (χ3v) is 5.12. The summed E-state index contributed by atoms with van der Waals surface area (Å²) >= 11 is 6.06. The van der Waals surface area contributed by atoms with Gasteiger partial charge in [0.2, 0.25) is 0 Å². The van der Waals surface area contributed by atoms with E-state index >= 15 is 0 Å². The number of imidazole rings is 1. The fourth-order valence-corrected chi connectivity index (χ4v) is 3.48. The Morgan fingerprint density at radius 2 is 1.90 bits per heavy atom. The standard InChI is InChI=1S/C23H22ClN5O2/c1-31-15-19-6-4-12-29(19)27-23(30)21-14-28(18-10-8-17(24)9-11-18)22(26-21)20-7-3-2-5-16(20)13-25/h2-12,14H,13,15,25H2,1H3,(H,27,30). The highest BCUT2D eigenvalue weighted by Gasteiger charge is 2.19. The summed E-state index contributed by atoms with van der Waals surface area (Å²) in [7, 11) is 1.61. The second-order valence-corrected chi connectivity index (χ2v) is 7.34. The van der Waals surface area contributed by atoms with Gasteiger partial charge in [-0.2, -0.15) is 0 Å². The fourth-order valence-electron chi connectivity index (χ4n) is 3.35. The molecule has 0 aliphatic rings. The lowest BCUT2D eigenvalue weighted by Gasteiger charge is -2.11. The first-order valence-electron chi connectivity index (χ1n) is 9.71. The van der Waals surface area contributed by atoms with Crippen molar-refractivity contribution in [3.05, 3.63) is 95.0 Å². The number of amides is 1. The van der Waals surface area contributed by atoms with E-state index in [2.05, 4.69) is 10.4 Å². The van der Waals surface area contributed by atoms with Crippen LogP contribution in [0.2, 0.25) is 5.02 Å². The molecule has 0 aliphatic heterocycles. The van der Waals surface area contributed by atoms with Gasteiger partial charge in [0.05, 0.1) is 12.3 Å². The number of nitrogens with two attached hydrogens (primary N) is 1. The number of methoxy groups -OCH3 is 1. The molecule has 7 nitrogen and oxygen atoms in total. The monoisotopic (exact) mass is 435 g/mol. The summed E-state index contributed by atoms with van der Waals surface area (Å²) in [6, 6.07) is 18.8. The largest absolute Gasteiger partial charge is 0.378 e. The van der Waals surface area contributed by atoms with Crippen molar-refractivity contribution in [2.24, 2.45) is 5.73 Å². The van der Waals surface area contributed by atoms with Crippen LogP contribution in [0.4, 0.5) is 0 Å². The normalized spacial score (nSPS) is 10.9. The third-order valence-electron chi connectivity index (χ3n) is 4.87. The SMILES string of the molecule is COCc1cccn1NC(=O)c1cn(-c2ccc(Cl)cc2)c(-c2ccccc2CN)n1. The molecular formula is C23H22ClN5O2. The van der Waals surface area contributed by atoms with E-state index in [0.29, 0.717) is 24.0 Å². The number of rotatable bonds is 7. The molecule has 4 aromatic rings. The molecule has 0 fully saturated rings. The number of nitrogens with zero attached hydrogens (tertiary/aromatic N) is 3. The highest BCUT2D eigenvalue weighted by Crippen LogP contribution is 2.27. The molecule has 0 spiro atoms. The van der Waals surface area contributed by atoms with E-state index in [9.17, 15) is 4.79 Å². The van der Waals surface area contributed by atoms with Gasteiger partial charge in [-0.05, 0) is 42.0 Å². The van der Waals surface area contributed by atoms with Crippen LogP contribution >= 0.6 is 11.6 Å². The molecule has 2 heterocycles. The maximum Gasteiger partial charge on any atom is 0.290 e. The molecule has 0 radical (unpaired) electrons. The first-order chi connectivity index (χ1) is 15.1. The van der Waals surface area contributed by atoms with Gasteiger partial charge in [0.15, 0.2) is 0 Å². The number of carbonyl (C=O) groups excluding carboxylic acids is 1. The van der Waals surface area contributed by atoms with Gasteiger partial charge in [0.1, 0.15) is 11.5 Å². The molecule has 0 aliphatic carbocycles. The van der Waals surface area contributed by atoms with E-state index in [4.69, 9.17) is 22.1 Å². The zero-order chi connectivity index (χ0) is 21.8. The molecule has 0 bridgehead atoms. The van der Waals surface area contributed by atoms with Crippen molar-refractivity contribution in [3.8, 4) is 17.1 Å². The van der Waals surface area contributed by atoms with Crippen molar-refractivity contribution in [2.75, 3.05) is 12.5 Å². The van der Waals surface area contributed by atoms with Crippen molar-refractivity contribution in [2.45, 2.75) is 13.2 Å². The van der Waals surface area contributed by atoms with E-state index in [-0.39, 0.29) is 11.6 Å². The predicted molar refractivity (Wildman–Crippen MR) is 121 cm³/mol. The number of halogens is 1. The highest BCUT2D eigenvalue weighted by atomic mass is 35.5. The summed E-state index contributed by atoms with van der Waals surface area (Å²) in [4.78, 5) is 17.7. The summed E-state index contributed by atoms with van der Waals surface area (Å²) in [5.74, 6) is 0.283. The van der Waals surface area contributed by atoms with Crippen LogP contribution in [0.25, 0.3) is 17.1 Å². The number of benzene rings is 2. The zero-order valence-corrected chi connectivity index (χ0v) is 17.7. The Balaban J connectivity index is 1.76. The van der Waals surface area contributed by atoms with Crippen molar-refractivity contribution in [3.63, 3.8) is 0 Å². The maximum absolute atomic E-state index is 13.0. The minimum Gasteiger partial charge on any atom is -0.378 e. The molecular weight excluding hydrogens is 414 g/mol. The van der Waals surface area contributed by atoms with E-state index in [0.717, 1.165) is 22.5 Å². The van der Waals surface area contributed by atoms with Crippen LogP contribution in [0.3, 0.4) is 0 Å². The molecule has 1 amide bonds. The number of hydrogen-bond donors (Lipinski definition) is 2. The number of nitrogens with one attached hydrogen (secondary N) is 1. The Labute approximate surface area is 185 Å². The topological polar surface area (TPSA) is 87.1 Å². The molecule has 3 N–H and O–H groups in total. The van der Waals surface area contributed by atoms with E-state index in [1.165, 1.54) is 0 Å². The van der Waals surface area contributed by atoms with E-state index in [1.54, 1.807) is 36.3 Å². The summed E-state index contributed by atoms with van der Waals surface area (Å²) in [6.07, 6.45) is 3.47. The average Bonchev–Trinajstić information content (AvgIpc) is 3.42. The van der Waals surface area contributed by atoms with Gasteiger partial charge in [-0.3, -0.25) is 19.5 Å². The number of ether oxygens (including phenoxy) is 1. The van der Waals surface area contributed by atoms with E-state index < -0.39 is 0 Å². The summed E-state index contributed by atoms with van der Waals surface area (Å²) in [5.41, 5.74) is 12.5. The Kier molecular flexibility index (Phi) is 6.18. The molecule has 8 heteroatoms. The smallest absolute Gasteiger partial charge is 0.290 e. The third kappa shape index (κ3) is 4.39. The quantitative estimate of drug-likeness (QED) is 0.459. The predicted octanol–water partition coefficient (Wildman–Crippen LogP) is 3.98. The van der Waals surface area contributed by atoms with Crippen molar-refractivity contribution in [1.29, 1.82) is 0 Å². The lowest BCUT2D eigenvalue weighted by atomic mass is 10.1. The Morgan fingerprint density at radius 1 is 1.13 bits per heavy atom. The van der Waals surface area contributed by atoms with Gasteiger partial charge in [-0.1, -0.05) is 35.9 Å². The van der Waals surface area contributed by atoms with Crippen LogP contribution in [0.1, 0.15) is 21.7 Å². The maximum atomic E-state index is 13.0. The Hall–Kier alpha value is -3.39. The Morgan fingerprint density at radius 3 is 2.65 bits per heavy atom. The van der Waals surface area contributed by atoms with Gasteiger partial charge in [-0.15, -0.1) is 0 Å². The fraction of sp³-hybridized carbons (Fsp3) is 0.130. The van der Waals surface area contributed by atoms with Gasteiger partial charge < -0.3 is 10.5 Å². The van der Waals surface area contributed by atoms with Crippen LogP contribution in [-0.2, 0) is 17.9 Å². The van der Waals surface area contributed by atoms with Crippen LogP contribution in [-0.4, -0.2) is 27.2 Å². The second-order valence-electron chi connectivity index (χ2n) is 6.90. The molecule has 4 rings (SSSR count). The molecule has 0 saturated carbocycles. The summed E-state index contributed by atoms with van der Waals surface area (Å²) in [6.45, 7) is 0.733. The number of hydrogen-bond acceptors (Lipinski definition) is 4. The average molecular weight is 436 g/mol. The first kappa shape index (κ1) is 20.9. The van der Waals surface area contributed by atoms with Gasteiger partial charge in [0.25, 0.3) is 5.91 Å². The van der Waals surface area contributed by atoms with E-state index in [1.807, 2.05) is 53.1 Å². The lowest BCUT2D eigenvalue weighted by Crippen LogP contribution is -2.24. The molecule has 0 atom stereocenters. The molecule has 2 aromatic carbocycles. The van der Waals surface area contributed by atoms with Crippen molar-refractivity contribution in [1.82, 2.24) is 14.2 Å². The van der Waals surface area contributed by atoms with Gasteiger partial charge in [0, 0.05) is 42.3 Å². The van der Waals surface area contributed by atoms with Crippen molar-refractivity contribution < 1.29 is 9.53 Å². The lowest BCUT2D eigenvalue weighted by molar-refractivity contribution is 0.100. The molecule has 31 heavy (non-hydrogen) atoms. The molecule has 158 valence electrons. The van der Waals surface area contributed by atoms with Crippen LogP contribution in [0, 0.1) is 0 Å². The number of aromatic nitrogens is 3. The molecule has 0 saturated heterocycles. The van der Waals surface area contributed by atoms with Crippen LogP contribution in [0.5, 0.6) is 0 Å². The number of carbonyl (C=O) groups is 1. The van der Waals surface area contributed by atoms with Crippen LogP contribution in [0.15, 0.2) is 73.1 Å². The zero-order valence-electron chi connectivity index (χ0n) is 17.0.